The van der Waals surface area contributed by atoms with Gasteiger partial charge in [-0.15, -0.1) is 11.3 Å². The molecule has 0 aromatic carbocycles. The van der Waals surface area contributed by atoms with Crippen molar-refractivity contribution in [3.63, 3.8) is 0 Å². The molecule has 0 N–H and O–H groups in total. The van der Waals surface area contributed by atoms with Crippen molar-refractivity contribution in [2.24, 2.45) is 5.41 Å². The van der Waals surface area contributed by atoms with Crippen LogP contribution in [0.3, 0.4) is 0 Å². The quantitative estimate of drug-likeness (QED) is 0.688. The van der Waals surface area contributed by atoms with Gasteiger partial charge < -0.3 is 4.74 Å². The standard InChI is InChI=1S/C12H19ClO3S2/c1-3-12(4-2,10-18(13,14)15)9-16-8-11-6-5-7-17-11/h5-7H,3-4,8-10H2,1-2H3. The second-order valence-electron chi connectivity index (χ2n) is 4.46. The van der Waals surface area contributed by atoms with Crippen molar-refractivity contribution in [2.75, 3.05) is 12.4 Å². The maximum absolute atomic E-state index is 11.3. The molecule has 0 aliphatic heterocycles. The molecule has 0 fully saturated rings. The molecule has 6 heteroatoms. The van der Waals surface area contributed by atoms with Gasteiger partial charge in [-0.25, -0.2) is 8.42 Å². The van der Waals surface area contributed by atoms with E-state index < -0.39 is 9.05 Å². The number of hydrogen-bond acceptors (Lipinski definition) is 4. The molecule has 1 rings (SSSR count). The lowest BCUT2D eigenvalue weighted by atomic mass is 9.85. The van der Waals surface area contributed by atoms with Crippen LogP contribution >= 0.6 is 22.0 Å². The molecular formula is C12H19ClO3S2. The van der Waals surface area contributed by atoms with Crippen LogP contribution < -0.4 is 0 Å². The molecule has 3 nitrogen and oxygen atoms in total. The number of rotatable bonds is 8. The van der Waals surface area contributed by atoms with Crippen LogP contribution in [0, 0.1) is 5.41 Å². The first kappa shape index (κ1) is 16.0. The third kappa shape index (κ3) is 5.26. The van der Waals surface area contributed by atoms with Crippen LogP contribution in [0.15, 0.2) is 17.5 Å². The summed E-state index contributed by atoms with van der Waals surface area (Å²) in [5.41, 5.74) is -0.377. The Morgan fingerprint density at radius 3 is 2.50 bits per heavy atom. The van der Waals surface area contributed by atoms with Crippen molar-refractivity contribution in [2.45, 2.75) is 33.3 Å². The molecular weight excluding hydrogens is 292 g/mol. The van der Waals surface area contributed by atoms with Gasteiger partial charge in [-0.05, 0) is 24.3 Å². The van der Waals surface area contributed by atoms with Crippen molar-refractivity contribution in [3.8, 4) is 0 Å². The number of halogens is 1. The third-order valence-electron chi connectivity index (χ3n) is 3.21. The summed E-state index contributed by atoms with van der Waals surface area (Å²) in [4.78, 5) is 1.14. The molecule has 0 spiro atoms. The number of thiophene rings is 1. The molecule has 0 amide bonds. The highest BCUT2D eigenvalue weighted by molar-refractivity contribution is 8.13. The molecule has 0 saturated carbocycles. The van der Waals surface area contributed by atoms with E-state index in [1.54, 1.807) is 11.3 Å². The Morgan fingerprint density at radius 1 is 1.39 bits per heavy atom. The zero-order valence-electron chi connectivity index (χ0n) is 10.7. The molecule has 0 unspecified atom stereocenters. The van der Waals surface area contributed by atoms with E-state index >= 15 is 0 Å². The summed E-state index contributed by atoms with van der Waals surface area (Å²) >= 11 is 1.63. The Morgan fingerprint density at radius 2 is 2.06 bits per heavy atom. The summed E-state index contributed by atoms with van der Waals surface area (Å²) in [6.07, 6.45) is 1.47. The maximum Gasteiger partial charge on any atom is 0.233 e. The SMILES string of the molecule is CCC(CC)(COCc1cccs1)CS(=O)(=O)Cl. The first-order valence-corrected chi connectivity index (χ1v) is 9.29. The minimum Gasteiger partial charge on any atom is -0.375 e. The molecule has 104 valence electrons. The molecule has 0 bridgehead atoms. The molecule has 0 saturated heterocycles. The van der Waals surface area contributed by atoms with Crippen LogP contribution in [-0.4, -0.2) is 20.8 Å². The van der Waals surface area contributed by atoms with E-state index in [2.05, 4.69) is 0 Å². The summed E-state index contributed by atoms with van der Waals surface area (Å²) < 4.78 is 28.2. The monoisotopic (exact) mass is 310 g/mol. The Labute approximate surface area is 118 Å². The van der Waals surface area contributed by atoms with E-state index in [4.69, 9.17) is 15.4 Å². The second-order valence-corrected chi connectivity index (χ2v) is 8.27. The average Bonchev–Trinajstić information content (AvgIpc) is 2.79. The Hall–Kier alpha value is -0.100. The summed E-state index contributed by atoms with van der Waals surface area (Å²) in [5, 5.41) is 1.99. The first-order chi connectivity index (χ1) is 8.41. The van der Waals surface area contributed by atoms with Crippen molar-refractivity contribution >= 4 is 31.1 Å². The van der Waals surface area contributed by atoms with Crippen LogP contribution in [0.2, 0.25) is 0 Å². The predicted octanol–water partition coefficient (Wildman–Crippen LogP) is 3.64. The van der Waals surface area contributed by atoms with Gasteiger partial charge in [-0.2, -0.15) is 0 Å². The van der Waals surface area contributed by atoms with Crippen molar-refractivity contribution in [1.82, 2.24) is 0 Å². The fraction of sp³-hybridized carbons (Fsp3) is 0.667. The minimum atomic E-state index is -3.50. The highest BCUT2D eigenvalue weighted by Crippen LogP contribution is 2.30. The van der Waals surface area contributed by atoms with E-state index in [1.807, 2.05) is 31.4 Å². The summed E-state index contributed by atoms with van der Waals surface area (Å²) in [6.45, 7) is 4.89. The summed E-state index contributed by atoms with van der Waals surface area (Å²) in [5.74, 6) is -0.0288. The highest BCUT2D eigenvalue weighted by Gasteiger charge is 2.31. The van der Waals surface area contributed by atoms with Gasteiger partial charge in [0.25, 0.3) is 0 Å². The molecule has 1 heterocycles. The fourth-order valence-electron chi connectivity index (χ4n) is 1.83. The lowest BCUT2D eigenvalue weighted by Gasteiger charge is -2.29. The second kappa shape index (κ2) is 6.89. The van der Waals surface area contributed by atoms with Crippen molar-refractivity contribution in [1.29, 1.82) is 0 Å². The van der Waals surface area contributed by atoms with E-state index in [0.717, 1.165) is 17.7 Å². The predicted molar refractivity (Wildman–Crippen MR) is 76.6 cm³/mol. The number of ether oxygens (including phenoxy) is 1. The molecule has 1 aromatic heterocycles. The molecule has 0 atom stereocenters. The van der Waals surface area contributed by atoms with Crippen LogP contribution in [0.4, 0.5) is 0 Å². The maximum atomic E-state index is 11.3. The zero-order valence-corrected chi connectivity index (χ0v) is 13.1. The largest absolute Gasteiger partial charge is 0.375 e. The topological polar surface area (TPSA) is 43.4 Å². The average molecular weight is 311 g/mol. The van der Waals surface area contributed by atoms with Gasteiger partial charge in [0.2, 0.25) is 9.05 Å². The van der Waals surface area contributed by atoms with E-state index in [1.165, 1.54) is 0 Å². The van der Waals surface area contributed by atoms with Gasteiger partial charge in [-0.1, -0.05) is 19.9 Å². The van der Waals surface area contributed by atoms with Gasteiger partial charge >= 0.3 is 0 Å². The van der Waals surface area contributed by atoms with Crippen LogP contribution in [0.5, 0.6) is 0 Å². The lowest BCUT2D eigenvalue weighted by molar-refractivity contribution is 0.0412. The van der Waals surface area contributed by atoms with E-state index in [9.17, 15) is 8.42 Å². The van der Waals surface area contributed by atoms with Gasteiger partial charge in [0, 0.05) is 21.0 Å². The molecule has 0 aliphatic rings. The molecule has 18 heavy (non-hydrogen) atoms. The Bertz CT molecular complexity index is 436. The Balaban J connectivity index is 2.56. The van der Waals surface area contributed by atoms with Crippen molar-refractivity contribution in [3.05, 3.63) is 22.4 Å². The molecule has 0 radical (unpaired) electrons. The van der Waals surface area contributed by atoms with Gasteiger partial charge in [0.05, 0.1) is 19.0 Å². The smallest absolute Gasteiger partial charge is 0.233 e. The zero-order chi connectivity index (χ0) is 13.6. The molecule has 1 aromatic rings. The first-order valence-electron chi connectivity index (χ1n) is 5.93. The highest BCUT2D eigenvalue weighted by atomic mass is 35.7. The Kier molecular flexibility index (Phi) is 6.11. The normalized spacial score (nSPS) is 12.8. The number of hydrogen-bond donors (Lipinski definition) is 0. The van der Waals surface area contributed by atoms with Gasteiger partial charge in [-0.3, -0.25) is 0 Å². The van der Waals surface area contributed by atoms with Gasteiger partial charge in [0.1, 0.15) is 0 Å². The summed E-state index contributed by atoms with van der Waals surface area (Å²) in [7, 11) is 1.88. The fourth-order valence-corrected chi connectivity index (χ4v) is 4.39. The van der Waals surface area contributed by atoms with E-state index in [0.29, 0.717) is 13.2 Å². The van der Waals surface area contributed by atoms with Crippen LogP contribution in [-0.2, 0) is 20.4 Å². The summed E-state index contributed by atoms with van der Waals surface area (Å²) in [6, 6.07) is 3.97. The third-order valence-corrected chi connectivity index (χ3v) is 5.35. The van der Waals surface area contributed by atoms with E-state index in [-0.39, 0.29) is 11.2 Å². The van der Waals surface area contributed by atoms with Gasteiger partial charge in [0.15, 0.2) is 0 Å². The van der Waals surface area contributed by atoms with Crippen LogP contribution in [0.1, 0.15) is 31.6 Å². The van der Waals surface area contributed by atoms with Crippen LogP contribution in [0.25, 0.3) is 0 Å². The minimum absolute atomic E-state index is 0.0288. The van der Waals surface area contributed by atoms with Crippen molar-refractivity contribution < 1.29 is 13.2 Å². The molecule has 0 aliphatic carbocycles. The lowest BCUT2D eigenvalue weighted by Crippen LogP contribution is -2.32.